The number of aromatic nitrogens is 3. The van der Waals surface area contributed by atoms with E-state index in [0.29, 0.717) is 12.1 Å². The highest BCUT2D eigenvalue weighted by atomic mass is 16.5. The third-order valence-corrected chi connectivity index (χ3v) is 6.35. The maximum Gasteiger partial charge on any atom is 0.226 e. The number of piperidine rings is 1. The van der Waals surface area contributed by atoms with Gasteiger partial charge in [0.05, 0.1) is 23.4 Å². The minimum Gasteiger partial charge on any atom is -0.374 e. The number of hydrogen-bond acceptors (Lipinski definition) is 5. The van der Waals surface area contributed by atoms with E-state index < -0.39 is 0 Å². The van der Waals surface area contributed by atoms with Gasteiger partial charge in [-0.25, -0.2) is 4.68 Å². The zero-order chi connectivity index (χ0) is 18.1. The van der Waals surface area contributed by atoms with E-state index in [9.17, 15) is 4.79 Å². The van der Waals surface area contributed by atoms with Crippen molar-refractivity contribution in [2.75, 3.05) is 19.7 Å². The molecule has 26 heavy (non-hydrogen) atoms. The highest BCUT2D eigenvalue weighted by Gasteiger charge is 2.53. The maximum atomic E-state index is 12.7. The summed E-state index contributed by atoms with van der Waals surface area (Å²) in [5, 5.41) is 11.7. The molecule has 1 saturated carbocycles. The standard InChI is InChI=1S/C19H31N5O2/c1-14(2)24-13-16(21-22-24)12-23-9-5-15(6-10-23)20-18(25)17-4-8-19(17)7-3-11-26-19/h13-15,17H,3-12H2,1-2H3,(H,20,25). The summed E-state index contributed by atoms with van der Waals surface area (Å²) in [6, 6.07) is 0.639. The summed E-state index contributed by atoms with van der Waals surface area (Å²) in [4.78, 5) is 15.1. The Labute approximate surface area is 155 Å². The lowest BCUT2D eigenvalue weighted by Crippen LogP contribution is -2.56. The summed E-state index contributed by atoms with van der Waals surface area (Å²) in [5.74, 6) is 0.297. The van der Waals surface area contributed by atoms with Crippen LogP contribution in [-0.4, -0.2) is 57.1 Å². The largest absolute Gasteiger partial charge is 0.374 e. The van der Waals surface area contributed by atoms with Crippen molar-refractivity contribution in [3.05, 3.63) is 11.9 Å². The van der Waals surface area contributed by atoms with E-state index in [1.54, 1.807) is 0 Å². The molecular weight excluding hydrogens is 330 g/mol. The number of rotatable bonds is 5. The second kappa shape index (κ2) is 7.27. The van der Waals surface area contributed by atoms with Crippen LogP contribution < -0.4 is 5.32 Å². The van der Waals surface area contributed by atoms with Crippen LogP contribution in [0.3, 0.4) is 0 Å². The first kappa shape index (κ1) is 17.9. The summed E-state index contributed by atoms with van der Waals surface area (Å²) >= 11 is 0. The summed E-state index contributed by atoms with van der Waals surface area (Å²) in [6.45, 7) is 7.86. The van der Waals surface area contributed by atoms with Gasteiger partial charge in [-0.15, -0.1) is 5.10 Å². The van der Waals surface area contributed by atoms with Crippen molar-refractivity contribution in [2.45, 2.75) is 76.6 Å². The molecule has 0 bridgehead atoms. The van der Waals surface area contributed by atoms with Gasteiger partial charge in [-0.1, -0.05) is 5.21 Å². The Morgan fingerprint density at radius 1 is 1.35 bits per heavy atom. The predicted octanol–water partition coefficient (Wildman–Crippen LogP) is 1.90. The molecule has 2 unspecified atom stereocenters. The monoisotopic (exact) mass is 361 g/mol. The van der Waals surface area contributed by atoms with Gasteiger partial charge in [-0.05, 0) is 52.4 Å². The molecular formula is C19H31N5O2. The second-order valence-corrected chi connectivity index (χ2v) is 8.45. The van der Waals surface area contributed by atoms with Crippen LogP contribution >= 0.6 is 0 Å². The van der Waals surface area contributed by atoms with Crippen molar-refractivity contribution >= 4 is 5.91 Å². The Morgan fingerprint density at radius 3 is 2.73 bits per heavy atom. The molecule has 2 atom stereocenters. The fourth-order valence-corrected chi connectivity index (χ4v) is 4.58. The van der Waals surface area contributed by atoms with E-state index in [1.165, 1.54) is 0 Å². The SMILES string of the molecule is CC(C)n1cc(CN2CCC(NC(=O)C3CCC34CCCO4)CC2)nn1. The van der Waals surface area contributed by atoms with Gasteiger partial charge in [-0.3, -0.25) is 9.69 Å². The fourth-order valence-electron chi connectivity index (χ4n) is 4.58. The van der Waals surface area contributed by atoms with Gasteiger partial charge in [0.1, 0.15) is 0 Å². The van der Waals surface area contributed by atoms with Gasteiger partial charge in [-0.2, -0.15) is 0 Å². The van der Waals surface area contributed by atoms with Crippen molar-refractivity contribution in [2.24, 2.45) is 5.92 Å². The minimum atomic E-state index is -0.118. The molecule has 2 aliphatic heterocycles. The molecule has 0 radical (unpaired) electrons. The van der Waals surface area contributed by atoms with Gasteiger partial charge < -0.3 is 10.1 Å². The summed E-state index contributed by atoms with van der Waals surface area (Å²) < 4.78 is 7.82. The van der Waals surface area contributed by atoms with E-state index >= 15 is 0 Å². The van der Waals surface area contributed by atoms with E-state index in [4.69, 9.17) is 4.74 Å². The van der Waals surface area contributed by atoms with Crippen LogP contribution in [0.15, 0.2) is 6.20 Å². The van der Waals surface area contributed by atoms with E-state index in [-0.39, 0.29) is 17.4 Å². The van der Waals surface area contributed by atoms with E-state index in [0.717, 1.165) is 70.5 Å². The van der Waals surface area contributed by atoms with Crippen LogP contribution in [-0.2, 0) is 16.1 Å². The lowest BCUT2D eigenvalue weighted by Gasteiger charge is -2.45. The van der Waals surface area contributed by atoms with Crippen molar-refractivity contribution in [1.29, 1.82) is 0 Å². The van der Waals surface area contributed by atoms with Crippen molar-refractivity contribution < 1.29 is 9.53 Å². The Hall–Kier alpha value is -1.47. The van der Waals surface area contributed by atoms with Gasteiger partial charge in [0.2, 0.25) is 5.91 Å². The molecule has 1 N–H and O–H groups in total. The Kier molecular flexibility index (Phi) is 5.01. The third kappa shape index (κ3) is 3.51. The first-order valence-corrected chi connectivity index (χ1v) is 10.1. The van der Waals surface area contributed by atoms with Gasteiger partial charge in [0, 0.05) is 38.3 Å². The first-order chi connectivity index (χ1) is 12.6. The van der Waals surface area contributed by atoms with Gasteiger partial charge in [0.15, 0.2) is 0 Å². The molecule has 1 spiro atoms. The van der Waals surface area contributed by atoms with E-state index in [1.807, 2.05) is 10.9 Å². The van der Waals surface area contributed by atoms with Crippen LogP contribution in [0, 0.1) is 5.92 Å². The van der Waals surface area contributed by atoms with Crippen LogP contribution in [0.5, 0.6) is 0 Å². The molecule has 7 heteroatoms. The number of likely N-dealkylation sites (tertiary alicyclic amines) is 1. The first-order valence-electron chi connectivity index (χ1n) is 10.1. The molecule has 2 saturated heterocycles. The Bertz CT molecular complexity index is 630. The predicted molar refractivity (Wildman–Crippen MR) is 97.5 cm³/mol. The molecule has 3 aliphatic rings. The molecule has 3 fully saturated rings. The zero-order valence-electron chi connectivity index (χ0n) is 16.0. The lowest BCUT2D eigenvalue weighted by atomic mass is 9.67. The number of carbonyl (C=O) groups excluding carboxylic acids is 1. The summed E-state index contributed by atoms with van der Waals surface area (Å²) in [5.41, 5.74) is 0.906. The van der Waals surface area contributed by atoms with Crippen LogP contribution in [0.25, 0.3) is 0 Å². The maximum absolute atomic E-state index is 12.7. The zero-order valence-corrected chi connectivity index (χ0v) is 16.0. The Balaban J connectivity index is 1.23. The molecule has 1 amide bonds. The molecule has 1 aromatic heterocycles. The third-order valence-electron chi connectivity index (χ3n) is 6.35. The number of amides is 1. The average Bonchev–Trinajstić information content (AvgIpc) is 3.26. The highest BCUT2D eigenvalue weighted by molar-refractivity contribution is 5.81. The lowest BCUT2D eigenvalue weighted by molar-refractivity contribution is -0.154. The van der Waals surface area contributed by atoms with Crippen LogP contribution in [0.4, 0.5) is 0 Å². The normalized spacial score (nSPS) is 30.0. The fraction of sp³-hybridized carbons (Fsp3) is 0.842. The van der Waals surface area contributed by atoms with Crippen molar-refractivity contribution in [1.82, 2.24) is 25.2 Å². The second-order valence-electron chi connectivity index (χ2n) is 8.45. The number of hydrogen-bond donors (Lipinski definition) is 1. The molecule has 4 rings (SSSR count). The van der Waals surface area contributed by atoms with Gasteiger partial charge in [0.25, 0.3) is 0 Å². The molecule has 3 heterocycles. The molecule has 7 nitrogen and oxygen atoms in total. The Morgan fingerprint density at radius 2 is 2.15 bits per heavy atom. The van der Waals surface area contributed by atoms with Crippen molar-refractivity contribution in [3.63, 3.8) is 0 Å². The van der Waals surface area contributed by atoms with Crippen molar-refractivity contribution in [3.8, 4) is 0 Å². The van der Waals surface area contributed by atoms with Crippen LogP contribution in [0.1, 0.15) is 64.1 Å². The van der Waals surface area contributed by atoms with Crippen LogP contribution in [0.2, 0.25) is 0 Å². The number of carbonyl (C=O) groups is 1. The topological polar surface area (TPSA) is 72.3 Å². The molecule has 1 aliphatic carbocycles. The highest BCUT2D eigenvalue weighted by Crippen LogP contribution is 2.48. The number of nitrogens with one attached hydrogen (secondary N) is 1. The molecule has 1 aromatic rings. The number of ether oxygens (including phenoxy) is 1. The molecule has 0 aromatic carbocycles. The van der Waals surface area contributed by atoms with E-state index in [2.05, 4.69) is 34.4 Å². The minimum absolute atomic E-state index is 0.0779. The van der Waals surface area contributed by atoms with Gasteiger partial charge >= 0.3 is 0 Å². The smallest absolute Gasteiger partial charge is 0.226 e. The molecule has 144 valence electrons. The average molecular weight is 361 g/mol. The quantitative estimate of drug-likeness (QED) is 0.867. The summed E-state index contributed by atoms with van der Waals surface area (Å²) in [6.07, 6.45) is 8.24. The summed E-state index contributed by atoms with van der Waals surface area (Å²) in [7, 11) is 0. The number of nitrogens with zero attached hydrogens (tertiary/aromatic N) is 4.